The van der Waals surface area contributed by atoms with Crippen LogP contribution in [0, 0.1) is 0 Å². The number of aliphatic hydroxyl groups is 3. The zero-order valence-electron chi connectivity index (χ0n) is 7.21. The van der Waals surface area contributed by atoms with Gasteiger partial charge in [0.25, 0.3) is 0 Å². The molecule has 1 rings (SSSR count). The third-order valence-corrected chi connectivity index (χ3v) is 1.98. The highest BCUT2D eigenvalue weighted by atomic mass is 16.5. The van der Waals surface area contributed by atoms with Gasteiger partial charge in [0, 0.05) is 0 Å². The van der Waals surface area contributed by atoms with E-state index in [0.29, 0.717) is 0 Å². The fraction of sp³-hybridized carbons (Fsp3) is 1.00. The maximum atomic E-state index is 9.40. The molecule has 1 fully saturated rings. The van der Waals surface area contributed by atoms with Gasteiger partial charge in [-0.3, -0.25) is 4.90 Å². The van der Waals surface area contributed by atoms with Crippen LogP contribution in [-0.2, 0) is 4.74 Å². The van der Waals surface area contributed by atoms with E-state index in [9.17, 15) is 10.2 Å². The molecule has 0 aromatic rings. The summed E-state index contributed by atoms with van der Waals surface area (Å²) in [6.07, 6.45) is -3.70. The van der Waals surface area contributed by atoms with Crippen molar-refractivity contribution in [1.82, 2.24) is 4.90 Å². The Labute approximate surface area is 71.2 Å². The van der Waals surface area contributed by atoms with E-state index < -0.39 is 24.5 Å². The van der Waals surface area contributed by atoms with Gasteiger partial charge in [0.05, 0.1) is 6.61 Å². The number of nitrogens with zero attached hydrogens (tertiary/aromatic N) is 1. The minimum Gasteiger partial charge on any atom is -0.388 e. The first-order chi connectivity index (χ1) is 5.54. The Hall–Kier alpha value is -0.200. The van der Waals surface area contributed by atoms with Crippen LogP contribution in [0.15, 0.2) is 0 Å². The van der Waals surface area contributed by atoms with Gasteiger partial charge in [-0.1, -0.05) is 0 Å². The predicted octanol–water partition coefficient (Wildman–Crippen LogP) is -2.01. The normalized spacial score (nSPS) is 43.5. The molecule has 0 radical (unpaired) electrons. The van der Waals surface area contributed by atoms with Crippen LogP contribution in [-0.4, -0.2) is 65.5 Å². The summed E-state index contributed by atoms with van der Waals surface area (Å²) in [6.45, 7) is 0.0566. The Kier molecular flexibility index (Phi) is 3.03. The lowest BCUT2D eigenvalue weighted by atomic mass is 10.0. The summed E-state index contributed by atoms with van der Waals surface area (Å²) >= 11 is 0. The van der Waals surface area contributed by atoms with E-state index in [0.717, 1.165) is 0 Å². The smallest absolute Gasteiger partial charge is 0.139 e. The molecule has 72 valence electrons. The van der Waals surface area contributed by atoms with Crippen molar-refractivity contribution < 1.29 is 20.1 Å². The Balaban J connectivity index is 2.58. The number of likely N-dealkylation sites (N-methyl/N-ethyl adjacent to an activating group) is 1. The van der Waals surface area contributed by atoms with E-state index in [4.69, 9.17) is 9.84 Å². The summed E-state index contributed by atoms with van der Waals surface area (Å²) in [5.41, 5.74) is 0. The molecule has 1 saturated heterocycles. The lowest BCUT2D eigenvalue weighted by molar-refractivity contribution is -0.220. The third kappa shape index (κ3) is 1.75. The van der Waals surface area contributed by atoms with Gasteiger partial charge < -0.3 is 20.1 Å². The molecule has 0 amide bonds. The number of ether oxygens (including phenoxy) is 1. The van der Waals surface area contributed by atoms with Gasteiger partial charge >= 0.3 is 0 Å². The van der Waals surface area contributed by atoms with Crippen LogP contribution in [0.25, 0.3) is 0 Å². The maximum Gasteiger partial charge on any atom is 0.139 e. The molecule has 5 nitrogen and oxygen atoms in total. The van der Waals surface area contributed by atoms with Gasteiger partial charge in [0.15, 0.2) is 0 Å². The van der Waals surface area contributed by atoms with Crippen LogP contribution in [0.3, 0.4) is 0 Å². The van der Waals surface area contributed by atoms with E-state index in [-0.39, 0.29) is 6.61 Å². The molecule has 1 aliphatic rings. The molecule has 12 heavy (non-hydrogen) atoms. The molecule has 0 saturated carbocycles. The topological polar surface area (TPSA) is 73.2 Å². The van der Waals surface area contributed by atoms with Crippen LogP contribution in [0.4, 0.5) is 0 Å². The highest BCUT2D eigenvalue weighted by Gasteiger charge is 2.38. The van der Waals surface area contributed by atoms with Crippen molar-refractivity contribution >= 4 is 0 Å². The van der Waals surface area contributed by atoms with Crippen molar-refractivity contribution in [2.45, 2.75) is 24.5 Å². The SMILES string of the molecule is CN(C)C1OC[C@@H](O)[C@H](O)[C@H]1O. The first-order valence-electron chi connectivity index (χ1n) is 3.86. The molecule has 0 aromatic heterocycles. The minimum absolute atomic E-state index is 0.0566. The molecule has 0 bridgehead atoms. The molecular formula is C7H15NO4. The van der Waals surface area contributed by atoms with E-state index in [1.807, 2.05) is 0 Å². The zero-order chi connectivity index (χ0) is 9.30. The summed E-state index contributed by atoms with van der Waals surface area (Å²) < 4.78 is 5.10. The van der Waals surface area contributed by atoms with Crippen LogP contribution < -0.4 is 0 Å². The van der Waals surface area contributed by atoms with Gasteiger partial charge in [-0.2, -0.15) is 0 Å². The molecule has 1 aliphatic heterocycles. The molecule has 1 heterocycles. The summed E-state index contributed by atoms with van der Waals surface area (Å²) in [5, 5.41) is 27.8. The number of aliphatic hydroxyl groups excluding tert-OH is 3. The van der Waals surface area contributed by atoms with Crippen molar-refractivity contribution in [2.24, 2.45) is 0 Å². The molecule has 4 atom stereocenters. The summed E-state index contributed by atoms with van der Waals surface area (Å²) in [5.74, 6) is 0. The van der Waals surface area contributed by atoms with Gasteiger partial charge in [0.1, 0.15) is 24.5 Å². The molecule has 0 spiro atoms. The molecule has 0 aliphatic carbocycles. The second-order valence-corrected chi connectivity index (χ2v) is 3.24. The first kappa shape index (κ1) is 9.88. The van der Waals surface area contributed by atoms with E-state index >= 15 is 0 Å². The number of hydrogen-bond acceptors (Lipinski definition) is 5. The van der Waals surface area contributed by atoms with Gasteiger partial charge in [-0.05, 0) is 14.1 Å². The molecule has 5 heteroatoms. The Morgan fingerprint density at radius 3 is 2.25 bits per heavy atom. The Morgan fingerprint density at radius 2 is 1.75 bits per heavy atom. The van der Waals surface area contributed by atoms with E-state index in [2.05, 4.69) is 0 Å². The predicted molar refractivity (Wildman–Crippen MR) is 41.4 cm³/mol. The quantitative estimate of drug-likeness (QED) is 0.431. The van der Waals surface area contributed by atoms with Gasteiger partial charge in [-0.25, -0.2) is 0 Å². The van der Waals surface area contributed by atoms with Crippen molar-refractivity contribution in [3.63, 3.8) is 0 Å². The van der Waals surface area contributed by atoms with Gasteiger partial charge in [-0.15, -0.1) is 0 Å². The zero-order valence-corrected chi connectivity index (χ0v) is 7.21. The van der Waals surface area contributed by atoms with Crippen LogP contribution in [0.2, 0.25) is 0 Å². The van der Waals surface area contributed by atoms with E-state index in [1.54, 1.807) is 19.0 Å². The van der Waals surface area contributed by atoms with Crippen molar-refractivity contribution in [1.29, 1.82) is 0 Å². The fourth-order valence-corrected chi connectivity index (χ4v) is 1.25. The lowest BCUT2D eigenvalue weighted by Gasteiger charge is -2.38. The lowest BCUT2D eigenvalue weighted by Crippen LogP contribution is -2.57. The summed E-state index contributed by atoms with van der Waals surface area (Å²) in [6, 6.07) is 0. The molecule has 0 aromatic carbocycles. The van der Waals surface area contributed by atoms with Crippen LogP contribution in [0.5, 0.6) is 0 Å². The van der Waals surface area contributed by atoms with Crippen LogP contribution >= 0.6 is 0 Å². The summed E-state index contributed by atoms with van der Waals surface area (Å²) in [7, 11) is 3.47. The number of hydrogen-bond donors (Lipinski definition) is 3. The Bertz CT molecular complexity index is 152. The monoisotopic (exact) mass is 177 g/mol. The largest absolute Gasteiger partial charge is 0.388 e. The maximum absolute atomic E-state index is 9.40. The minimum atomic E-state index is -1.12. The molecule has 3 N–H and O–H groups in total. The van der Waals surface area contributed by atoms with Gasteiger partial charge in [0.2, 0.25) is 0 Å². The number of rotatable bonds is 1. The Morgan fingerprint density at radius 1 is 1.17 bits per heavy atom. The second-order valence-electron chi connectivity index (χ2n) is 3.24. The first-order valence-corrected chi connectivity index (χ1v) is 3.86. The average Bonchev–Trinajstić information content (AvgIpc) is 2.00. The summed E-state index contributed by atoms with van der Waals surface area (Å²) in [4.78, 5) is 1.65. The fourth-order valence-electron chi connectivity index (χ4n) is 1.25. The van der Waals surface area contributed by atoms with E-state index in [1.165, 1.54) is 0 Å². The van der Waals surface area contributed by atoms with Crippen molar-refractivity contribution in [3.05, 3.63) is 0 Å². The molecular weight excluding hydrogens is 162 g/mol. The van der Waals surface area contributed by atoms with Crippen molar-refractivity contribution in [3.8, 4) is 0 Å². The highest BCUT2D eigenvalue weighted by Crippen LogP contribution is 2.16. The van der Waals surface area contributed by atoms with Crippen LogP contribution in [0.1, 0.15) is 0 Å². The van der Waals surface area contributed by atoms with Crippen molar-refractivity contribution in [2.75, 3.05) is 20.7 Å². The third-order valence-electron chi connectivity index (χ3n) is 1.98. The second kappa shape index (κ2) is 3.68. The molecule has 1 unspecified atom stereocenters. The highest BCUT2D eigenvalue weighted by molar-refractivity contribution is 4.84. The standard InChI is InChI=1S/C7H15NO4/c1-8(2)7-6(11)5(10)4(9)3-12-7/h4-7,9-11H,3H2,1-2H3/t4-,5+,6-,7?/m1/s1. The average molecular weight is 177 g/mol.